The minimum Gasteiger partial charge on any atom is -0.298 e. The van der Waals surface area contributed by atoms with Gasteiger partial charge in [-0.1, -0.05) is 55.0 Å². The monoisotopic (exact) mass is 469 g/mol. The molecule has 0 spiro atoms. The molecule has 1 aliphatic rings. The van der Waals surface area contributed by atoms with E-state index in [1.807, 2.05) is 39.8 Å². The molecule has 172 valence electrons. The Labute approximate surface area is 203 Å². The van der Waals surface area contributed by atoms with Crippen LogP contribution in [0, 0.1) is 4.77 Å². The SMILES string of the molecule is S=c1n(CN2CCCCC2)nc(Cn2ncc3cc4ccccc4nc32)n1Cc1ccccc1. The smallest absolute Gasteiger partial charge is 0.199 e. The molecule has 7 nitrogen and oxygen atoms in total. The molecule has 0 atom stereocenters. The third-order valence-corrected chi connectivity index (χ3v) is 7.00. The molecule has 0 unspecified atom stereocenters. The highest BCUT2D eigenvalue weighted by Crippen LogP contribution is 2.20. The van der Waals surface area contributed by atoms with Gasteiger partial charge in [0.05, 0.1) is 24.9 Å². The van der Waals surface area contributed by atoms with E-state index in [9.17, 15) is 0 Å². The summed E-state index contributed by atoms with van der Waals surface area (Å²) in [4.78, 5) is 7.34. The number of pyridine rings is 1. The molecule has 0 bridgehead atoms. The molecule has 0 saturated carbocycles. The highest BCUT2D eigenvalue weighted by atomic mass is 32.1. The Morgan fingerprint density at radius 1 is 0.824 bits per heavy atom. The summed E-state index contributed by atoms with van der Waals surface area (Å²) in [5, 5.41) is 11.8. The molecule has 0 aliphatic carbocycles. The van der Waals surface area contributed by atoms with Crippen molar-refractivity contribution >= 4 is 34.2 Å². The highest BCUT2D eigenvalue weighted by Gasteiger charge is 2.17. The van der Waals surface area contributed by atoms with Crippen LogP contribution in [0.3, 0.4) is 0 Å². The number of aromatic nitrogens is 6. The maximum atomic E-state index is 5.93. The van der Waals surface area contributed by atoms with Crippen molar-refractivity contribution in [2.24, 2.45) is 0 Å². The Morgan fingerprint density at radius 2 is 1.62 bits per heavy atom. The Bertz CT molecular complexity index is 1490. The second-order valence-electron chi connectivity index (χ2n) is 8.99. The average molecular weight is 470 g/mol. The number of benzene rings is 2. The molecule has 0 radical (unpaired) electrons. The molecule has 5 aromatic rings. The van der Waals surface area contributed by atoms with Crippen molar-refractivity contribution < 1.29 is 0 Å². The number of piperidine rings is 1. The Morgan fingerprint density at radius 3 is 2.47 bits per heavy atom. The first-order valence-corrected chi connectivity index (χ1v) is 12.3. The van der Waals surface area contributed by atoms with E-state index in [0.717, 1.165) is 52.3 Å². The van der Waals surface area contributed by atoms with Gasteiger partial charge in [-0.25, -0.2) is 14.3 Å². The highest BCUT2D eigenvalue weighted by molar-refractivity contribution is 7.71. The summed E-state index contributed by atoms with van der Waals surface area (Å²) in [5.41, 5.74) is 3.03. The molecule has 3 aromatic heterocycles. The molecule has 0 N–H and O–H groups in total. The Kier molecular flexibility index (Phi) is 5.68. The summed E-state index contributed by atoms with van der Waals surface area (Å²) in [6, 6.07) is 20.7. The van der Waals surface area contributed by atoms with Gasteiger partial charge in [-0.05, 0) is 55.8 Å². The van der Waals surface area contributed by atoms with Crippen LogP contribution in [-0.2, 0) is 19.8 Å². The molecule has 4 heterocycles. The van der Waals surface area contributed by atoms with Crippen molar-refractivity contribution in [3.63, 3.8) is 0 Å². The lowest BCUT2D eigenvalue weighted by Crippen LogP contribution is -2.32. The van der Waals surface area contributed by atoms with E-state index in [1.165, 1.54) is 24.8 Å². The summed E-state index contributed by atoms with van der Waals surface area (Å²) in [7, 11) is 0. The van der Waals surface area contributed by atoms with Gasteiger partial charge in [-0.15, -0.1) is 0 Å². The molecule has 1 fully saturated rings. The number of nitrogens with zero attached hydrogens (tertiary/aromatic N) is 7. The molecule has 1 aliphatic heterocycles. The van der Waals surface area contributed by atoms with Gasteiger partial charge in [-0.3, -0.25) is 9.47 Å². The van der Waals surface area contributed by atoms with Gasteiger partial charge in [-0.2, -0.15) is 10.2 Å². The summed E-state index contributed by atoms with van der Waals surface area (Å²) in [6.45, 7) is 4.13. The Hall–Kier alpha value is -3.36. The van der Waals surface area contributed by atoms with Crippen molar-refractivity contribution in [2.75, 3.05) is 13.1 Å². The lowest BCUT2D eigenvalue weighted by Gasteiger charge is -2.25. The predicted octanol–water partition coefficient (Wildman–Crippen LogP) is 4.85. The number of likely N-dealkylation sites (tertiary alicyclic amines) is 1. The van der Waals surface area contributed by atoms with Gasteiger partial charge in [0.25, 0.3) is 0 Å². The van der Waals surface area contributed by atoms with Gasteiger partial charge >= 0.3 is 0 Å². The summed E-state index contributed by atoms with van der Waals surface area (Å²) in [6.07, 6.45) is 5.67. The number of fused-ring (bicyclic) bond motifs is 2. The molecule has 34 heavy (non-hydrogen) atoms. The second-order valence-corrected chi connectivity index (χ2v) is 9.35. The lowest BCUT2D eigenvalue weighted by atomic mass is 10.1. The van der Waals surface area contributed by atoms with Crippen LogP contribution in [0.2, 0.25) is 0 Å². The van der Waals surface area contributed by atoms with Crippen LogP contribution in [0.1, 0.15) is 30.7 Å². The van der Waals surface area contributed by atoms with Gasteiger partial charge in [0.2, 0.25) is 0 Å². The van der Waals surface area contributed by atoms with Crippen LogP contribution in [0.25, 0.3) is 21.9 Å². The number of rotatable bonds is 6. The minimum atomic E-state index is 0.512. The van der Waals surface area contributed by atoms with E-state index < -0.39 is 0 Å². The fourth-order valence-corrected chi connectivity index (χ4v) is 5.04. The summed E-state index contributed by atoms with van der Waals surface area (Å²) in [5.74, 6) is 0.894. The first-order valence-electron chi connectivity index (χ1n) is 11.9. The third-order valence-electron chi connectivity index (χ3n) is 6.57. The van der Waals surface area contributed by atoms with Crippen LogP contribution in [0.4, 0.5) is 0 Å². The fraction of sp³-hybridized carbons (Fsp3) is 0.308. The van der Waals surface area contributed by atoms with E-state index in [1.54, 1.807) is 0 Å². The summed E-state index contributed by atoms with van der Waals surface area (Å²) >= 11 is 5.93. The molecule has 2 aromatic carbocycles. The number of hydrogen-bond donors (Lipinski definition) is 0. The van der Waals surface area contributed by atoms with E-state index in [-0.39, 0.29) is 0 Å². The van der Waals surface area contributed by atoms with Crippen LogP contribution in [0.5, 0.6) is 0 Å². The Balaban J connectivity index is 1.38. The van der Waals surface area contributed by atoms with E-state index in [4.69, 9.17) is 22.3 Å². The largest absolute Gasteiger partial charge is 0.298 e. The van der Waals surface area contributed by atoms with E-state index in [0.29, 0.717) is 13.1 Å². The molecular formula is C26H27N7S. The van der Waals surface area contributed by atoms with Crippen molar-refractivity contribution in [2.45, 2.75) is 39.0 Å². The van der Waals surface area contributed by atoms with Crippen LogP contribution >= 0.6 is 12.2 Å². The van der Waals surface area contributed by atoms with Gasteiger partial charge < -0.3 is 0 Å². The summed E-state index contributed by atoms with van der Waals surface area (Å²) < 4.78 is 6.81. The first kappa shape index (κ1) is 21.2. The molecule has 1 saturated heterocycles. The maximum Gasteiger partial charge on any atom is 0.199 e. The zero-order chi connectivity index (χ0) is 22.9. The second kappa shape index (κ2) is 9.12. The quantitative estimate of drug-likeness (QED) is 0.333. The topological polar surface area (TPSA) is 56.7 Å². The predicted molar refractivity (Wildman–Crippen MR) is 136 cm³/mol. The normalized spacial score (nSPS) is 14.8. The van der Waals surface area contributed by atoms with Crippen molar-refractivity contribution in [3.8, 4) is 0 Å². The zero-order valence-corrected chi connectivity index (χ0v) is 19.9. The molecule has 0 amide bonds. The van der Waals surface area contributed by atoms with E-state index >= 15 is 0 Å². The third kappa shape index (κ3) is 4.15. The van der Waals surface area contributed by atoms with Crippen molar-refractivity contribution in [1.82, 2.24) is 34.0 Å². The fourth-order valence-electron chi connectivity index (χ4n) is 4.77. The van der Waals surface area contributed by atoms with Crippen LogP contribution in [0.15, 0.2) is 66.9 Å². The average Bonchev–Trinajstić information content (AvgIpc) is 3.39. The molecular weight excluding hydrogens is 442 g/mol. The van der Waals surface area contributed by atoms with Gasteiger partial charge in [0, 0.05) is 10.8 Å². The lowest BCUT2D eigenvalue weighted by molar-refractivity contribution is 0.171. The number of para-hydroxylation sites is 1. The minimum absolute atomic E-state index is 0.512. The maximum absolute atomic E-state index is 5.93. The molecule has 8 heteroatoms. The van der Waals surface area contributed by atoms with Crippen molar-refractivity contribution in [1.29, 1.82) is 0 Å². The zero-order valence-electron chi connectivity index (χ0n) is 19.0. The number of hydrogen-bond acceptors (Lipinski definition) is 5. The van der Waals surface area contributed by atoms with Gasteiger partial charge in [0.1, 0.15) is 6.54 Å². The van der Waals surface area contributed by atoms with Crippen LogP contribution in [-0.4, -0.2) is 47.1 Å². The van der Waals surface area contributed by atoms with E-state index in [2.05, 4.69) is 51.0 Å². The molecule has 6 rings (SSSR count). The van der Waals surface area contributed by atoms with Crippen molar-refractivity contribution in [3.05, 3.63) is 83.0 Å². The standard InChI is InChI=1S/C26H27N7S/c34-26-31(17-20-9-3-1-4-10-20)24(29-33(26)19-30-13-7-2-8-14-30)18-32-25-22(16-27-32)15-21-11-5-6-12-23(21)28-25/h1,3-6,9-12,15-16H,2,7-8,13-14,17-19H2. The van der Waals surface area contributed by atoms with Gasteiger partial charge in [0.15, 0.2) is 16.2 Å². The first-order chi connectivity index (χ1) is 16.7. The van der Waals surface area contributed by atoms with Crippen LogP contribution < -0.4 is 0 Å².